The molecule has 0 bridgehead atoms. The predicted octanol–water partition coefficient (Wildman–Crippen LogP) is 3.46. The smallest absolute Gasteiger partial charge is 0.0474 e. The van der Waals surface area contributed by atoms with Crippen LogP contribution in [0.5, 0.6) is 0 Å². The Morgan fingerprint density at radius 3 is 2.79 bits per heavy atom. The van der Waals surface area contributed by atoms with Crippen LogP contribution in [0, 0.1) is 0 Å². The molecule has 0 aliphatic heterocycles. The molecule has 1 unspecified atom stereocenters. The topological polar surface area (TPSA) is 38.5 Å². The third kappa shape index (κ3) is 6.23. The van der Waals surface area contributed by atoms with Gasteiger partial charge in [0.2, 0.25) is 0 Å². The lowest BCUT2D eigenvalue weighted by molar-refractivity contribution is 0.178. The summed E-state index contributed by atoms with van der Waals surface area (Å²) in [5, 5.41) is 0.726. The zero-order chi connectivity index (χ0) is 14.3. The van der Waals surface area contributed by atoms with Crippen molar-refractivity contribution >= 4 is 27.5 Å². The Kier molecular flexibility index (Phi) is 7.95. The van der Waals surface area contributed by atoms with Crippen molar-refractivity contribution in [2.24, 2.45) is 5.73 Å². The van der Waals surface area contributed by atoms with E-state index in [-0.39, 0.29) is 6.04 Å². The summed E-state index contributed by atoms with van der Waals surface area (Å²) in [5.41, 5.74) is 7.21. The summed E-state index contributed by atoms with van der Waals surface area (Å²) in [6.45, 7) is 2.78. The van der Waals surface area contributed by atoms with Gasteiger partial charge in [-0.15, -0.1) is 0 Å². The van der Waals surface area contributed by atoms with Crippen LogP contribution in [0.4, 0.5) is 0 Å². The average molecular weight is 350 g/mol. The van der Waals surface area contributed by atoms with Crippen LogP contribution in [0.3, 0.4) is 0 Å². The second-order valence-electron chi connectivity index (χ2n) is 4.71. The van der Waals surface area contributed by atoms with Gasteiger partial charge in [-0.1, -0.05) is 33.6 Å². The molecule has 0 amide bonds. The quantitative estimate of drug-likeness (QED) is 0.730. The van der Waals surface area contributed by atoms with Crippen molar-refractivity contribution in [3.8, 4) is 0 Å². The summed E-state index contributed by atoms with van der Waals surface area (Å²) < 4.78 is 6.02. The molecule has 0 aliphatic carbocycles. The maximum absolute atomic E-state index is 6.20. The highest BCUT2D eigenvalue weighted by molar-refractivity contribution is 9.10. The molecular weight excluding hydrogens is 328 g/mol. The highest BCUT2D eigenvalue weighted by Crippen LogP contribution is 2.26. The van der Waals surface area contributed by atoms with Crippen molar-refractivity contribution in [2.45, 2.75) is 18.9 Å². The third-order valence-electron chi connectivity index (χ3n) is 3.07. The molecule has 19 heavy (non-hydrogen) atoms. The minimum absolute atomic E-state index is 0.0227. The second-order valence-corrected chi connectivity index (χ2v) is 6.03. The molecule has 1 aromatic carbocycles. The second kappa shape index (κ2) is 8.93. The Morgan fingerprint density at radius 2 is 2.16 bits per heavy atom. The van der Waals surface area contributed by atoms with Gasteiger partial charge in [-0.05, 0) is 44.1 Å². The first kappa shape index (κ1) is 16.9. The van der Waals surface area contributed by atoms with Gasteiger partial charge in [0.1, 0.15) is 0 Å². The fraction of sp³-hybridized carbons (Fsp3) is 0.571. The predicted molar refractivity (Wildman–Crippen MR) is 84.7 cm³/mol. The molecular formula is C14H22BrClN2O. The molecule has 0 aliphatic rings. The van der Waals surface area contributed by atoms with Crippen LogP contribution in [0.15, 0.2) is 22.7 Å². The molecule has 2 N–H and O–H groups in total. The Bertz CT molecular complexity index is 390. The molecule has 5 heteroatoms. The van der Waals surface area contributed by atoms with Crippen molar-refractivity contribution in [1.29, 1.82) is 0 Å². The van der Waals surface area contributed by atoms with Crippen LogP contribution >= 0.6 is 27.5 Å². The number of hydrogen-bond donors (Lipinski definition) is 1. The molecule has 1 aromatic rings. The SMILES string of the molecule is COCCCN(C)CCC(N)c1ccc(Br)cc1Cl. The first-order chi connectivity index (χ1) is 9.04. The molecule has 0 spiro atoms. The molecule has 0 radical (unpaired) electrons. The van der Waals surface area contributed by atoms with Gasteiger partial charge in [0.05, 0.1) is 0 Å². The van der Waals surface area contributed by atoms with Crippen LogP contribution in [-0.2, 0) is 4.74 Å². The molecule has 3 nitrogen and oxygen atoms in total. The van der Waals surface area contributed by atoms with Crippen LogP contribution < -0.4 is 5.73 Å². The standard InChI is InChI=1S/C14H22BrClN2O/c1-18(7-3-9-19-2)8-6-14(17)12-5-4-11(15)10-13(12)16/h4-5,10,14H,3,6-9,17H2,1-2H3. The molecule has 0 saturated carbocycles. The van der Waals surface area contributed by atoms with E-state index in [1.807, 2.05) is 18.2 Å². The summed E-state index contributed by atoms with van der Waals surface area (Å²) in [6.07, 6.45) is 1.94. The van der Waals surface area contributed by atoms with Crippen molar-refractivity contribution in [3.05, 3.63) is 33.3 Å². The van der Waals surface area contributed by atoms with Crippen LogP contribution in [-0.4, -0.2) is 38.8 Å². The molecule has 1 atom stereocenters. The van der Waals surface area contributed by atoms with E-state index in [2.05, 4.69) is 27.9 Å². The fourth-order valence-corrected chi connectivity index (χ4v) is 2.72. The van der Waals surface area contributed by atoms with Gasteiger partial charge in [-0.3, -0.25) is 0 Å². The maximum Gasteiger partial charge on any atom is 0.0474 e. The number of nitrogens with zero attached hydrogens (tertiary/aromatic N) is 1. The Morgan fingerprint density at radius 1 is 1.42 bits per heavy atom. The van der Waals surface area contributed by atoms with Gasteiger partial charge < -0.3 is 15.4 Å². The summed E-state index contributed by atoms with van der Waals surface area (Å²) in [4.78, 5) is 2.27. The Labute approximate surface area is 129 Å². The number of ether oxygens (including phenoxy) is 1. The Balaban J connectivity index is 2.40. The number of rotatable bonds is 8. The summed E-state index contributed by atoms with van der Waals surface area (Å²) in [6, 6.07) is 5.83. The van der Waals surface area contributed by atoms with E-state index in [1.54, 1.807) is 7.11 Å². The summed E-state index contributed by atoms with van der Waals surface area (Å²) in [7, 11) is 3.83. The van der Waals surface area contributed by atoms with E-state index < -0.39 is 0 Å². The first-order valence-electron chi connectivity index (χ1n) is 6.42. The van der Waals surface area contributed by atoms with E-state index in [9.17, 15) is 0 Å². The maximum atomic E-state index is 6.20. The van der Waals surface area contributed by atoms with Crippen molar-refractivity contribution in [2.75, 3.05) is 33.9 Å². The lowest BCUT2D eigenvalue weighted by Crippen LogP contribution is -2.25. The number of hydrogen-bond acceptors (Lipinski definition) is 3. The largest absolute Gasteiger partial charge is 0.385 e. The zero-order valence-electron chi connectivity index (χ0n) is 11.5. The van der Waals surface area contributed by atoms with Crippen LogP contribution in [0.1, 0.15) is 24.4 Å². The van der Waals surface area contributed by atoms with Crippen LogP contribution in [0.2, 0.25) is 5.02 Å². The van der Waals surface area contributed by atoms with Gasteiger partial charge in [-0.25, -0.2) is 0 Å². The van der Waals surface area contributed by atoms with Gasteiger partial charge >= 0.3 is 0 Å². The first-order valence-corrected chi connectivity index (χ1v) is 7.59. The van der Waals surface area contributed by atoms with E-state index in [0.29, 0.717) is 0 Å². The van der Waals surface area contributed by atoms with Gasteiger partial charge in [-0.2, -0.15) is 0 Å². The zero-order valence-corrected chi connectivity index (χ0v) is 13.9. The van der Waals surface area contributed by atoms with E-state index in [4.69, 9.17) is 22.1 Å². The lowest BCUT2D eigenvalue weighted by Gasteiger charge is -2.20. The molecule has 0 aromatic heterocycles. The van der Waals surface area contributed by atoms with E-state index >= 15 is 0 Å². The van der Waals surface area contributed by atoms with Gasteiger partial charge in [0.15, 0.2) is 0 Å². The minimum Gasteiger partial charge on any atom is -0.385 e. The third-order valence-corrected chi connectivity index (χ3v) is 3.89. The van der Waals surface area contributed by atoms with Crippen molar-refractivity contribution < 1.29 is 4.74 Å². The van der Waals surface area contributed by atoms with Crippen LogP contribution in [0.25, 0.3) is 0 Å². The molecule has 0 saturated heterocycles. The van der Waals surface area contributed by atoms with Gasteiger partial charge in [0, 0.05) is 35.8 Å². The van der Waals surface area contributed by atoms with E-state index in [0.717, 1.165) is 47.6 Å². The summed E-state index contributed by atoms with van der Waals surface area (Å²) in [5.74, 6) is 0. The normalized spacial score (nSPS) is 12.9. The van der Waals surface area contributed by atoms with Crippen molar-refractivity contribution in [1.82, 2.24) is 4.90 Å². The lowest BCUT2D eigenvalue weighted by atomic mass is 10.0. The minimum atomic E-state index is -0.0227. The van der Waals surface area contributed by atoms with E-state index in [1.165, 1.54) is 0 Å². The molecule has 0 fully saturated rings. The number of methoxy groups -OCH3 is 1. The molecule has 1 rings (SSSR count). The summed E-state index contributed by atoms with van der Waals surface area (Å²) >= 11 is 9.60. The molecule has 0 heterocycles. The monoisotopic (exact) mass is 348 g/mol. The number of halogens is 2. The average Bonchev–Trinajstić information content (AvgIpc) is 2.36. The molecule has 108 valence electrons. The highest BCUT2D eigenvalue weighted by Gasteiger charge is 2.11. The number of benzene rings is 1. The number of nitrogens with two attached hydrogens (primary N) is 1. The Hall–Kier alpha value is -0.130. The van der Waals surface area contributed by atoms with Gasteiger partial charge in [0.25, 0.3) is 0 Å². The fourth-order valence-electron chi connectivity index (χ4n) is 1.91. The van der Waals surface area contributed by atoms with Crippen molar-refractivity contribution in [3.63, 3.8) is 0 Å². The highest BCUT2D eigenvalue weighted by atomic mass is 79.9.